The molecule has 1 saturated heterocycles. The zero-order valence-corrected chi connectivity index (χ0v) is 5.52. The number of rotatable bonds is 1. The first-order chi connectivity index (χ1) is 4.14. The van der Waals surface area contributed by atoms with Crippen LogP contribution in [0.1, 0.15) is 0 Å². The molecule has 0 spiro atoms. The fourth-order valence-electron chi connectivity index (χ4n) is 0.715. The van der Waals surface area contributed by atoms with E-state index in [1.165, 1.54) is 6.08 Å². The van der Waals surface area contributed by atoms with Crippen LogP contribution in [0.3, 0.4) is 0 Å². The Bertz CT molecular complexity index is 233. The van der Waals surface area contributed by atoms with E-state index < -0.39 is 9.84 Å². The molecule has 0 amide bonds. The van der Waals surface area contributed by atoms with Gasteiger partial charge in [0, 0.05) is 0 Å². The molecule has 3 nitrogen and oxygen atoms in total. The Morgan fingerprint density at radius 2 is 1.89 bits per heavy atom. The molecule has 9 heavy (non-hydrogen) atoms. The average Bonchev–Trinajstić information content (AvgIpc) is 1.62. The monoisotopic (exact) mass is 146 g/mol. The fourth-order valence-corrected chi connectivity index (χ4v) is 1.95. The van der Waals surface area contributed by atoms with Crippen LogP contribution in [0.4, 0.5) is 0 Å². The minimum atomic E-state index is -2.78. The summed E-state index contributed by atoms with van der Waals surface area (Å²) < 4.78 is 20.8. The number of hydrogen-bond acceptors (Lipinski definition) is 3. The number of carbonyl (C=O) groups excluding carboxylic acids is 1. The molecule has 0 aromatic heterocycles. The molecule has 0 saturated carbocycles. The standard InChI is InChI=1S/C5H6O3S/c6-2-1-5-3-9(7,8)4-5/h1-2H,3-4H2. The first-order valence-corrected chi connectivity index (χ1v) is 4.30. The van der Waals surface area contributed by atoms with Crippen LogP contribution in [0.25, 0.3) is 0 Å². The highest BCUT2D eigenvalue weighted by Crippen LogP contribution is 2.15. The summed E-state index contributed by atoms with van der Waals surface area (Å²) in [7, 11) is -2.78. The number of hydrogen-bond donors (Lipinski definition) is 0. The Morgan fingerprint density at radius 3 is 2.22 bits per heavy atom. The maximum absolute atomic E-state index is 10.4. The molecule has 0 atom stereocenters. The van der Waals surface area contributed by atoms with Gasteiger partial charge in [0.2, 0.25) is 0 Å². The van der Waals surface area contributed by atoms with Crippen molar-refractivity contribution in [3.8, 4) is 0 Å². The predicted octanol–water partition coefficient (Wildman–Crippen LogP) is -0.460. The molecule has 0 bridgehead atoms. The van der Waals surface area contributed by atoms with Gasteiger partial charge in [0.15, 0.2) is 9.84 Å². The van der Waals surface area contributed by atoms with Crippen molar-refractivity contribution in [1.29, 1.82) is 0 Å². The van der Waals surface area contributed by atoms with Crippen molar-refractivity contribution in [2.45, 2.75) is 0 Å². The van der Waals surface area contributed by atoms with E-state index in [1.54, 1.807) is 0 Å². The van der Waals surface area contributed by atoms with Crippen molar-refractivity contribution in [2.24, 2.45) is 0 Å². The molecular weight excluding hydrogens is 140 g/mol. The molecule has 0 aliphatic carbocycles. The zero-order chi connectivity index (χ0) is 6.91. The minimum Gasteiger partial charge on any atom is -0.299 e. The molecule has 1 heterocycles. The molecular formula is C5H6O3S. The third-order valence-electron chi connectivity index (χ3n) is 1.11. The summed E-state index contributed by atoms with van der Waals surface area (Å²) in [6, 6.07) is 0. The van der Waals surface area contributed by atoms with E-state index in [0.717, 1.165) is 0 Å². The second kappa shape index (κ2) is 1.95. The normalized spacial score (nSPS) is 22.4. The lowest BCUT2D eigenvalue weighted by molar-refractivity contribution is -0.104. The van der Waals surface area contributed by atoms with Gasteiger partial charge >= 0.3 is 0 Å². The number of aldehydes is 1. The van der Waals surface area contributed by atoms with Crippen LogP contribution in [0.2, 0.25) is 0 Å². The Balaban J connectivity index is 2.64. The molecule has 0 unspecified atom stereocenters. The SMILES string of the molecule is O=CC=C1CS(=O)(=O)C1. The summed E-state index contributed by atoms with van der Waals surface area (Å²) in [6.07, 6.45) is 1.92. The van der Waals surface area contributed by atoms with Crippen molar-refractivity contribution < 1.29 is 13.2 Å². The van der Waals surface area contributed by atoms with Gasteiger partial charge in [-0.3, -0.25) is 4.79 Å². The van der Waals surface area contributed by atoms with Gasteiger partial charge in [-0.2, -0.15) is 0 Å². The van der Waals surface area contributed by atoms with Gasteiger partial charge in [-0.25, -0.2) is 8.42 Å². The van der Waals surface area contributed by atoms with E-state index in [0.29, 0.717) is 11.9 Å². The Hall–Kier alpha value is -0.640. The van der Waals surface area contributed by atoms with Gasteiger partial charge in [0.1, 0.15) is 6.29 Å². The highest BCUT2D eigenvalue weighted by Gasteiger charge is 2.26. The molecule has 0 aromatic carbocycles. The fraction of sp³-hybridized carbons (Fsp3) is 0.400. The van der Waals surface area contributed by atoms with E-state index >= 15 is 0 Å². The first-order valence-electron chi connectivity index (χ1n) is 2.48. The maximum atomic E-state index is 10.4. The summed E-state index contributed by atoms with van der Waals surface area (Å²) in [5.41, 5.74) is 0.713. The van der Waals surface area contributed by atoms with E-state index in [4.69, 9.17) is 0 Å². The molecule has 1 fully saturated rings. The topological polar surface area (TPSA) is 51.2 Å². The average molecular weight is 146 g/mol. The summed E-state index contributed by atoms with van der Waals surface area (Å²) in [5, 5.41) is 0. The van der Waals surface area contributed by atoms with E-state index in [1.807, 2.05) is 0 Å². The van der Waals surface area contributed by atoms with Gasteiger partial charge in [-0.1, -0.05) is 0 Å². The Morgan fingerprint density at radius 1 is 1.33 bits per heavy atom. The van der Waals surface area contributed by atoms with Crippen LogP contribution in [0.5, 0.6) is 0 Å². The summed E-state index contributed by atoms with van der Waals surface area (Å²) >= 11 is 0. The van der Waals surface area contributed by atoms with E-state index in [9.17, 15) is 13.2 Å². The van der Waals surface area contributed by atoms with Gasteiger partial charge in [-0.05, 0) is 11.6 Å². The van der Waals surface area contributed by atoms with Crippen molar-refractivity contribution in [3.05, 3.63) is 11.6 Å². The van der Waals surface area contributed by atoms with Gasteiger partial charge in [-0.15, -0.1) is 0 Å². The van der Waals surface area contributed by atoms with Gasteiger partial charge in [0.05, 0.1) is 11.5 Å². The van der Waals surface area contributed by atoms with Gasteiger partial charge in [0.25, 0.3) is 0 Å². The lowest BCUT2D eigenvalue weighted by Gasteiger charge is -2.15. The van der Waals surface area contributed by atoms with Crippen LogP contribution >= 0.6 is 0 Å². The molecule has 1 rings (SSSR count). The predicted molar refractivity (Wildman–Crippen MR) is 32.8 cm³/mol. The van der Waals surface area contributed by atoms with Crippen molar-refractivity contribution >= 4 is 16.1 Å². The quantitative estimate of drug-likeness (QED) is 0.371. The zero-order valence-electron chi connectivity index (χ0n) is 4.70. The molecule has 0 radical (unpaired) electrons. The Kier molecular flexibility index (Phi) is 1.40. The largest absolute Gasteiger partial charge is 0.299 e. The lowest BCUT2D eigenvalue weighted by Crippen LogP contribution is -2.27. The van der Waals surface area contributed by atoms with E-state index in [2.05, 4.69) is 0 Å². The molecule has 0 N–H and O–H groups in total. The van der Waals surface area contributed by atoms with Crippen LogP contribution in [-0.2, 0) is 14.6 Å². The van der Waals surface area contributed by atoms with Crippen LogP contribution in [-0.4, -0.2) is 26.2 Å². The molecule has 0 aromatic rings. The lowest BCUT2D eigenvalue weighted by atomic mass is 10.3. The third kappa shape index (κ3) is 1.38. The molecule has 1 aliphatic heterocycles. The second-order valence-electron chi connectivity index (χ2n) is 1.99. The van der Waals surface area contributed by atoms with Crippen LogP contribution < -0.4 is 0 Å². The minimum absolute atomic E-state index is 0.0751. The van der Waals surface area contributed by atoms with Crippen molar-refractivity contribution in [3.63, 3.8) is 0 Å². The highest BCUT2D eigenvalue weighted by molar-refractivity contribution is 7.93. The Labute approximate surface area is 53.3 Å². The van der Waals surface area contributed by atoms with Crippen molar-refractivity contribution in [2.75, 3.05) is 11.5 Å². The van der Waals surface area contributed by atoms with Gasteiger partial charge < -0.3 is 0 Å². The molecule has 1 aliphatic rings. The summed E-state index contributed by atoms with van der Waals surface area (Å²) in [5.74, 6) is 0.150. The summed E-state index contributed by atoms with van der Waals surface area (Å²) in [4.78, 5) is 9.75. The smallest absolute Gasteiger partial charge is 0.158 e. The third-order valence-corrected chi connectivity index (χ3v) is 2.74. The first kappa shape index (κ1) is 6.48. The number of allylic oxidation sites excluding steroid dienone is 1. The number of carbonyl (C=O) groups is 1. The van der Waals surface area contributed by atoms with Crippen LogP contribution in [0, 0.1) is 0 Å². The molecule has 50 valence electrons. The van der Waals surface area contributed by atoms with Crippen molar-refractivity contribution in [1.82, 2.24) is 0 Å². The molecule has 4 heteroatoms. The number of sulfone groups is 1. The highest BCUT2D eigenvalue weighted by atomic mass is 32.2. The summed E-state index contributed by atoms with van der Waals surface area (Å²) in [6.45, 7) is 0. The van der Waals surface area contributed by atoms with E-state index in [-0.39, 0.29) is 11.5 Å². The van der Waals surface area contributed by atoms with Crippen LogP contribution in [0.15, 0.2) is 11.6 Å². The maximum Gasteiger partial charge on any atom is 0.158 e. The second-order valence-corrected chi connectivity index (χ2v) is 4.06.